The Kier molecular flexibility index (Phi) is 8.85. The van der Waals surface area contributed by atoms with Crippen LogP contribution in [0.5, 0.6) is 5.75 Å². The molecule has 0 spiro atoms. The van der Waals surface area contributed by atoms with Crippen molar-refractivity contribution in [3.05, 3.63) is 27.2 Å². The first-order valence-electron chi connectivity index (χ1n) is 4.74. The third-order valence-electron chi connectivity index (χ3n) is 1.57. The molecule has 0 atom stereocenters. The van der Waals surface area contributed by atoms with Crippen LogP contribution in [0.2, 0.25) is 15.1 Å². The van der Waals surface area contributed by atoms with Crippen molar-refractivity contribution in [1.82, 2.24) is 0 Å². The van der Waals surface area contributed by atoms with Crippen LogP contribution in [0.15, 0.2) is 12.1 Å². The topological polar surface area (TPSA) is 83.8 Å². The number of benzene rings is 1. The highest BCUT2D eigenvalue weighted by Crippen LogP contribution is 2.33. The lowest BCUT2D eigenvalue weighted by Gasteiger charge is -2.06. The number of hydrogen-bond donors (Lipinski definition) is 2. The van der Waals surface area contributed by atoms with Gasteiger partial charge >= 0.3 is 11.9 Å². The van der Waals surface area contributed by atoms with Gasteiger partial charge in [-0.15, -0.1) is 0 Å². The van der Waals surface area contributed by atoms with Crippen molar-refractivity contribution in [3.8, 4) is 5.75 Å². The van der Waals surface area contributed by atoms with E-state index in [4.69, 9.17) is 84.6 Å². The maximum Gasteiger partial charge on any atom is 0.356 e. The van der Waals surface area contributed by atoms with Crippen LogP contribution in [-0.4, -0.2) is 32.6 Å². The third kappa shape index (κ3) is 8.66. The van der Waals surface area contributed by atoms with Crippen LogP contribution >= 0.6 is 69.6 Å². The van der Waals surface area contributed by atoms with Gasteiger partial charge in [-0.2, -0.15) is 0 Å². The fraction of sp³-hybridized carbons (Fsp3) is 0.200. The highest BCUT2D eigenvalue weighted by Gasteiger charge is 2.29. The zero-order valence-corrected chi connectivity index (χ0v) is 14.3. The molecule has 1 rings (SSSR count). The average molecular weight is 419 g/mol. The smallest absolute Gasteiger partial charge is 0.356 e. The summed E-state index contributed by atoms with van der Waals surface area (Å²) >= 11 is 31.5. The first kappa shape index (κ1) is 20.7. The highest BCUT2D eigenvalue weighted by molar-refractivity contribution is 6.75. The standard InChI is InChI=1S/C8H5Cl3O3.C2HCl3O2/c9-4-1-6(11)7(2-5(4)10)14-3-8(12)13;3-2(4,5)1(6)7/h1-2H,3H2,(H,12,13);(H,6,7). The lowest BCUT2D eigenvalue weighted by Crippen LogP contribution is -2.16. The zero-order valence-electron chi connectivity index (χ0n) is 9.75. The molecule has 0 bridgehead atoms. The van der Waals surface area contributed by atoms with Gasteiger partial charge in [0.2, 0.25) is 0 Å². The van der Waals surface area contributed by atoms with Gasteiger partial charge in [0.05, 0.1) is 15.1 Å². The second-order valence-corrected chi connectivity index (χ2v) is 6.68. The summed E-state index contributed by atoms with van der Waals surface area (Å²) in [5, 5.41) is 17.0. The number of ether oxygens (including phenoxy) is 1. The van der Waals surface area contributed by atoms with E-state index in [1.807, 2.05) is 0 Å². The number of aliphatic carboxylic acids is 2. The number of carbonyl (C=O) groups is 2. The molecule has 0 fully saturated rings. The molecule has 11 heteroatoms. The van der Waals surface area contributed by atoms with Crippen molar-refractivity contribution < 1.29 is 24.5 Å². The first-order chi connectivity index (χ1) is 9.45. The summed E-state index contributed by atoms with van der Waals surface area (Å²) in [6.45, 7) is -0.475. The molecule has 1 aromatic rings. The molecule has 0 aliphatic heterocycles. The summed E-state index contributed by atoms with van der Waals surface area (Å²) in [5.74, 6) is -2.35. The van der Waals surface area contributed by atoms with Crippen molar-refractivity contribution in [2.75, 3.05) is 6.61 Å². The summed E-state index contributed by atoms with van der Waals surface area (Å²) in [6.07, 6.45) is 0. The Morgan fingerprint density at radius 1 is 1.00 bits per heavy atom. The summed E-state index contributed by atoms with van der Waals surface area (Å²) < 4.78 is 2.69. The van der Waals surface area contributed by atoms with Gasteiger partial charge < -0.3 is 14.9 Å². The Morgan fingerprint density at radius 2 is 1.43 bits per heavy atom. The first-order valence-corrected chi connectivity index (χ1v) is 7.01. The number of hydrogen-bond acceptors (Lipinski definition) is 3. The van der Waals surface area contributed by atoms with Crippen molar-refractivity contribution in [3.63, 3.8) is 0 Å². The Bertz CT molecular complexity index is 527. The Morgan fingerprint density at radius 3 is 1.81 bits per heavy atom. The predicted octanol–water partition coefficient (Wildman–Crippen LogP) is 4.55. The van der Waals surface area contributed by atoms with Crippen molar-refractivity contribution in [2.24, 2.45) is 0 Å². The molecule has 0 aliphatic carbocycles. The van der Waals surface area contributed by atoms with Gasteiger partial charge in [-0.3, -0.25) is 0 Å². The van der Waals surface area contributed by atoms with Gasteiger partial charge in [0, 0.05) is 6.07 Å². The van der Waals surface area contributed by atoms with Crippen molar-refractivity contribution in [2.45, 2.75) is 3.79 Å². The molecule has 0 radical (unpaired) electrons. The number of alkyl halides is 3. The van der Waals surface area contributed by atoms with Crippen molar-refractivity contribution in [1.29, 1.82) is 0 Å². The fourth-order valence-corrected chi connectivity index (χ4v) is 1.35. The van der Waals surface area contributed by atoms with Crippen LogP contribution < -0.4 is 4.74 Å². The molecule has 21 heavy (non-hydrogen) atoms. The molecule has 5 nitrogen and oxygen atoms in total. The minimum atomic E-state index is -2.17. The van der Waals surface area contributed by atoms with Crippen LogP contribution in [0.25, 0.3) is 0 Å². The normalized spacial score (nSPS) is 10.4. The van der Waals surface area contributed by atoms with Gasteiger partial charge in [-0.05, 0) is 6.07 Å². The third-order valence-corrected chi connectivity index (χ3v) is 3.07. The molecule has 0 heterocycles. The largest absolute Gasteiger partial charge is 0.480 e. The molecule has 0 aliphatic rings. The quantitative estimate of drug-likeness (QED) is 0.555. The Labute approximate surface area is 149 Å². The predicted molar refractivity (Wildman–Crippen MR) is 82.5 cm³/mol. The Hall–Kier alpha value is -0.300. The molecule has 0 saturated heterocycles. The Balaban J connectivity index is 0.000000486. The van der Waals surface area contributed by atoms with Crippen molar-refractivity contribution >= 4 is 81.5 Å². The molecular weight excluding hydrogens is 413 g/mol. The van der Waals surface area contributed by atoms with Crippen LogP contribution in [0.4, 0.5) is 0 Å². The van der Waals surface area contributed by atoms with E-state index in [0.717, 1.165) is 0 Å². The van der Waals surface area contributed by atoms with E-state index in [-0.39, 0.29) is 15.8 Å². The number of carboxylic acid groups (broad SMARTS) is 2. The number of rotatable bonds is 3. The second-order valence-electron chi connectivity index (χ2n) is 3.18. The summed E-state index contributed by atoms with van der Waals surface area (Å²) in [5.41, 5.74) is 0. The summed E-state index contributed by atoms with van der Waals surface area (Å²) in [7, 11) is 0. The van der Waals surface area contributed by atoms with E-state index in [1.165, 1.54) is 12.1 Å². The molecule has 1 aromatic carbocycles. The van der Waals surface area contributed by atoms with E-state index in [0.29, 0.717) is 5.02 Å². The van der Waals surface area contributed by atoms with Crippen LogP contribution in [0, 0.1) is 0 Å². The number of carboxylic acids is 2. The van der Waals surface area contributed by atoms with Crippen LogP contribution in [-0.2, 0) is 9.59 Å². The van der Waals surface area contributed by atoms with Gasteiger partial charge in [0.15, 0.2) is 6.61 Å². The molecule has 0 saturated carbocycles. The molecule has 0 aromatic heterocycles. The molecule has 2 N–H and O–H groups in total. The summed E-state index contributed by atoms with van der Waals surface area (Å²) in [4.78, 5) is 19.8. The lowest BCUT2D eigenvalue weighted by molar-refractivity contribution is -0.139. The molecular formula is C10H6Cl6O5. The lowest BCUT2D eigenvalue weighted by atomic mass is 10.3. The van der Waals surface area contributed by atoms with E-state index < -0.39 is 22.3 Å². The minimum absolute atomic E-state index is 0.198. The number of halogens is 6. The van der Waals surface area contributed by atoms with E-state index in [2.05, 4.69) is 0 Å². The van der Waals surface area contributed by atoms with Gasteiger partial charge in [-0.1, -0.05) is 69.6 Å². The molecule has 118 valence electrons. The molecule has 0 unspecified atom stereocenters. The van der Waals surface area contributed by atoms with E-state index >= 15 is 0 Å². The molecule has 0 amide bonds. The van der Waals surface area contributed by atoms with Gasteiger partial charge in [0.25, 0.3) is 3.79 Å². The maximum absolute atomic E-state index is 10.2. The van der Waals surface area contributed by atoms with E-state index in [1.54, 1.807) is 0 Å². The summed E-state index contributed by atoms with van der Waals surface area (Å²) in [6, 6.07) is 2.76. The minimum Gasteiger partial charge on any atom is -0.480 e. The maximum atomic E-state index is 10.2. The average Bonchev–Trinajstić information content (AvgIpc) is 2.31. The zero-order chi connectivity index (χ0) is 16.8. The SMILES string of the molecule is O=C(O)C(Cl)(Cl)Cl.O=C(O)COc1cc(Cl)c(Cl)cc1Cl. The monoisotopic (exact) mass is 416 g/mol. The highest BCUT2D eigenvalue weighted by atomic mass is 35.6. The fourth-order valence-electron chi connectivity index (χ4n) is 0.754. The second kappa shape index (κ2) is 8.98. The van der Waals surface area contributed by atoms with Crippen LogP contribution in [0.3, 0.4) is 0 Å². The van der Waals surface area contributed by atoms with Gasteiger partial charge in [-0.25, -0.2) is 9.59 Å². The van der Waals surface area contributed by atoms with Crippen LogP contribution in [0.1, 0.15) is 0 Å². The van der Waals surface area contributed by atoms with E-state index in [9.17, 15) is 9.59 Å². The van der Waals surface area contributed by atoms with Gasteiger partial charge in [0.1, 0.15) is 5.75 Å².